The molecular weight excluding hydrogens is 413 g/mol. The Kier molecular flexibility index (Phi) is 6.54. The van der Waals surface area contributed by atoms with Crippen LogP contribution < -0.4 is 10.1 Å². The van der Waals surface area contributed by atoms with Crippen LogP contribution in [0.15, 0.2) is 65.1 Å². The SMILES string of the molecule is CC(OC(=O)CCc1ccc(-c2ccccc2F)o1)C(=O)NC1CCOc2ccccc21. The quantitative estimate of drug-likeness (QED) is 0.547. The molecule has 1 amide bonds. The van der Waals surface area contributed by atoms with Gasteiger partial charge in [-0.15, -0.1) is 0 Å². The molecule has 6 nitrogen and oxygen atoms in total. The van der Waals surface area contributed by atoms with Gasteiger partial charge in [-0.2, -0.15) is 0 Å². The first-order valence-corrected chi connectivity index (χ1v) is 10.6. The van der Waals surface area contributed by atoms with Gasteiger partial charge < -0.3 is 19.2 Å². The van der Waals surface area contributed by atoms with Crippen molar-refractivity contribution < 1.29 is 27.9 Å². The van der Waals surface area contributed by atoms with Gasteiger partial charge >= 0.3 is 5.97 Å². The van der Waals surface area contributed by atoms with Crippen LogP contribution >= 0.6 is 0 Å². The van der Waals surface area contributed by atoms with E-state index in [-0.39, 0.29) is 30.6 Å². The maximum Gasteiger partial charge on any atom is 0.307 e. The third kappa shape index (κ3) is 4.99. The van der Waals surface area contributed by atoms with Gasteiger partial charge in [0.15, 0.2) is 6.10 Å². The Bertz CT molecular complexity index is 1110. The van der Waals surface area contributed by atoms with Gasteiger partial charge in [0.1, 0.15) is 23.1 Å². The summed E-state index contributed by atoms with van der Waals surface area (Å²) in [6, 6.07) is 17.1. The van der Waals surface area contributed by atoms with Gasteiger partial charge in [0.05, 0.1) is 24.6 Å². The second kappa shape index (κ2) is 9.68. The Balaban J connectivity index is 1.27. The number of fused-ring (bicyclic) bond motifs is 1. The molecule has 3 aromatic rings. The van der Waals surface area contributed by atoms with Crippen molar-refractivity contribution in [2.75, 3.05) is 6.61 Å². The third-order valence-corrected chi connectivity index (χ3v) is 5.33. The maximum atomic E-state index is 13.9. The number of esters is 1. The van der Waals surface area contributed by atoms with Crippen LogP contribution in [-0.4, -0.2) is 24.6 Å². The average molecular weight is 437 g/mol. The molecule has 1 aromatic heterocycles. The molecule has 2 unspecified atom stereocenters. The highest BCUT2D eigenvalue weighted by Crippen LogP contribution is 2.31. The van der Waals surface area contributed by atoms with Crippen LogP contribution in [0.5, 0.6) is 5.75 Å². The number of para-hydroxylation sites is 1. The average Bonchev–Trinajstić information content (AvgIpc) is 3.27. The molecule has 166 valence electrons. The van der Waals surface area contributed by atoms with E-state index in [1.165, 1.54) is 6.07 Å². The van der Waals surface area contributed by atoms with Crippen molar-refractivity contribution in [1.82, 2.24) is 5.32 Å². The summed E-state index contributed by atoms with van der Waals surface area (Å²) < 4.78 is 30.4. The molecule has 0 spiro atoms. The molecule has 2 heterocycles. The van der Waals surface area contributed by atoms with Crippen LogP contribution in [0.3, 0.4) is 0 Å². The summed E-state index contributed by atoms with van der Waals surface area (Å²) in [7, 11) is 0. The summed E-state index contributed by atoms with van der Waals surface area (Å²) in [5.74, 6) is 0.442. The van der Waals surface area contributed by atoms with Crippen molar-refractivity contribution in [3.63, 3.8) is 0 Å². The Morgan fingerprint density at radius 2 is 1.91 bits per heavy atom. The summed E-state index contributed by atoms with van der Waals surface area (Å²) in [6.45, 7) is 2.05. The van der Waals surface area contributed by atoms with Gasteiger partial charge in [-0.3, -0.25) is 9.59 Å². The number of furan rings is 1. The van der Waals surface area contributed by atoms with Gasteiger partial charge in [-0.1, -0.05) is 30.3 Å². The van der Waals surface area contributed by atoms with Crippen LogP contribution in [0.4, 0.5) is 4.39 Å². The van der Waals surface area contributed by atoms with Crippen LogP contribution in [0.1, 0.15) is 37.1 Å². The highest BCUT2D eigenvalue weighted by atomic mass is 19.1. The van der Waals surface area contributed by atoms with Gasteiger partial charge in [-0.25, -0.2) is 4.39 Å². The molecule has 1 aliphatic rings. The minimum atomic E-state index is -0.928. The number of hydrogen-bond donors (Lipinski definition) is 1. The lowest BCUT2D eigenvalue weighted by molar-refractivity contribution is -0.155. The van der Waals surface area contributed by atoms with Gasteiger partial charge in [0.2, 0.25) is 0 Å². The standard InChI is InChI=1S/C25H24FNO5/c1-16(25(29)27-21-14-15-30-22-9-5-3-7-19(21)22)31-24(28)13-11-17-10-12-23(32-17)18-6-2-4-8-20(18)26/h2-10,12,16,21H,11,13-15H2,1H3,(H,27,29). The number of aryl methyl sites for hydroxylation is 1. The number of carbonyl (C=O) groups is 2. The predicted molar refractivity (Wildman–Crippen MR) is 115 cm³/mol. The van der Waals surface area contributed by atoms with Crippen molar-refractivity contribution in [3.8, 4) is 17.1 Å². The third-order valence-electron chi connectivity index (χ3n) is 5.33. The Labute approximate surface area is 185 Å². The summed E-state index contributed by atoms with van der Waals surface area (Å²) in [6.07, 6.45) is 0.0477. The van der Waals surface area contributed by atoms with Crippen LogP contribution in [-0.2, 0) is 20.7 Å². The Hall–Kier alpha value is -3.61. The molecule has 0 saturated carbocycles. The zero-order valence-corrected chi connectivity index (χ0v) is 17.7. The largest absolute Gasteiger partial charge is 0.493 e. The molecular formula is C25H24FNO5. The van der Waals surface area contributed by atoms with E-state index in [0.717, 1.165) is 11.3 Å². The Morgan fingerprint density at radius 3 is 2.75 bits per heavy atom. The minimum Gasteiger partial charge on any atom is -0.493 e. The zero-order valence-electron chi connectivity index (χ0n) is 17.7. The predicted octanol–water partition coefficient (Wildman–Crippen LogP) is 4.59. The summed E-state index contributed by atoms with van der Waals surface area (Å²) in [5.41, 5.74) is 1.27. The van der Waals surface area contributed by atoms with E-state index >= 15 is 0 Å². The summed E-state index contributed by atoms with van der Waals surface area (Å²) >= 11 is 0. The van der Waals surface area contributed by atoms with Crippen LogP contribution in [0.25, 0.3) is 11.3 Å². The number of amides is 1. The fourth-order valence-corrected chi connectivity index (χ4v) is 3.63. The lowest BCUT2D eigenvalue weighted by atomic mass is 10.0. The first-order valence-electron chi connectivity index (χ1n) is 10.6. The van der Waals surface area contributed by atoms with E-state index in [2.05, 4.69) is 5.32 Å². The fraction of sp³-hybridized carbons (Fsp3) is 0.280. The first kappa shape index (κ1) is 21.6. The van der Waals surface area contributed by atoms with E-state index in [0.29, 0.717) is 30.1 Å². The molecule has 1 aliphatic heterocycles. The molecule has 0 radical (unpaired) electrons. The van der Waals surface area contributed by atoms with Crippen molar-refractivity contribution in [1.29, 1.82) is 0 Å². The molecule has 0 saturated heterocycles. The number of benzene rings is 2. The highest BCUT2D eigenvalue weighted by molar-refractivity contribution is 5.83. The topological polar surface area (TPSA) is 77.8 Å². The van der Waals surface area contributed by atoms with E-state index in [1.807, 2.05) is 24.3 Å². The van der Waals surface area contributed by atoms with Crippen molar-refractivity contribution in [2.24, 2.45) is 0 Å². The highest BCUT2D eigenvalue weighted by Gasteiger charge is 2.26. The second-order valence-corrected chi connectivity index (χ2v) is 7.61. The summed E-state index contributed by atoms with van der Waals surface area (Å²) in [5, 5.41) is 2.93. The molecule has 0 aliphatic carbocycles. The molecule has 7 heteroatoms. The molecule has 1 N–H and O–H groups in total. The van der Waals surface area contributed by atoms with E-state index in [9.17, 15) is 14.0 Å². The van der Waals surface area contributed by atoms with Crippen LogP contribution in [0.2, 0.25) is 0 Å². The lowest BCUT2D eigenvalue weighted by Gasteiger charge is -2.27. The van der Waals surface area contributed by atoms with Gasteiger partial charge in [0.25, 0.3) is 5.91 Å². The molecule has 0 fully saturated rings. The van der Waals surface area contributed by atoms with E-state index in [1.54, 1.807) is 37.3 Å². The van der Waals surface area contributed by atoms with E-state index in [4.69, 9.17) is 13.9 Å². The van der Waals surface area contributed by atoms with Gasteiger partial charge in [-0.05, 0) is 37.3 Å². The molecule has 4 rings (SSSR count). The number of nitrogens with one attached hydrogen (secondary N) is 1. The zero-order chi connectivity index (χ0) is 22.5. The number of halogens is 1. The van der Waals surface area contributed by atoms with E-state index < -0.39 is 12.1 Å². The molecule has 32 heavy (non-hydrogen) atoms. The normalized spacial score (nSPS) is 15.9. The molecule has 2 aromatic carbocycles. The number of carbonyl (C=O) groups excluding carboxylic acids is 2. The smallest absolute Gasteiger partial charge is 0.307 e. The van der Waals surface area contributed by atoms with Crippen LogP contribution in [0, 0.1) is 5.82 Å². The molecule has 0 bridgehead atoms. The second-order valence-electron chi connectivity index (χ2n) is 7.61. The van der Waals surface area contributed by atoms with Crippen molar-refractivity contribution in [2.45, 2.75) is 38.3 Å². The monoisotopic (exact) mass is 437 g/mol. The minimum absolute atomic E-state index is 0.0436. The number of ether oxygens (including phenoxy) is 2. The van der Waals surface area contributed by atoms with Gasteiger partial charge in [0, 0.05) is 18.4 Å². The van der Waals surface area contributed by atoms with Crippen molar-refractivity contribution in [3.05, 3.63) is 77.8 Å². The number of hydrogen-bond acceptors (Lipinski definition) is 5. The van der Waals surface area contributed by atoms with Crippen molar-refractivity contribution >= 4 is 11.9 Å². The summed E-state index contributed by atoms with van der Waals surface area (Å²) in [4.78, 5) is 24.8. The fourth-order valence-electron chi connectivity index (χ4n) is 3.63. The lowest BCUT2D eigenvalue weighted by Crippen LogP contribution is -2.39. The maximum absolute atomic E-state index is 13.9. The Morgan fingerprint density at radius 1 is 1.12 bits per heavy atom. The first-order chi connectivity index (χ1) is 15.5. The molecule has 2 atom stereocenters. The number of rotatable bonds is 7.